The van der Waals surface area contributed by atoms with Crippen LogP contribution in [0.1, 0.15) is 34.8 Å². The van der Waals surface area contributed by atoms with Crippen molar-refractivity contribution in [2.75, 3.05) is 0 Å². The molecule has 0 aromatic heterocycles. The molecule has 3 amide bonds. The summed E-state index contributed by atoms with van der Waals surface area (Å²) in [5.41, 5.74) is 0.576. The molecule has 0 bridgehead atoms. The summed E-state index contributed by atoms with van der Waals surface area (Å²) in [6.07, 6.45) is 6.19. The Kier molecular flexibility index (Phi) is 4.13. The van der Waals surface area contributed by atoms with E-state index in [1.165, 1.54) is 4.90 Å². The summed E-state index contributed by atoms with van der Waals surface area (Å²) in [6.45, 7) is 0. The van der Waals surface area contributed by atoms with Gasteiger partial charge < -0.3 is 4.90 Å². The molecule has 1 saturated heterocycles. The van der Waals surface area contributed by atoms with E-state index < -0.39 is 23.5 Å². The molecule has 2 aliphatic rings. The largest absolute Gasteiger partial charge is 0.317 e. The zero-order valence-electron chi connectivity index (χ0n) is 12.0. The lowest BCUT2D eigenvalue weighted by molar-refractivity contribution is -0.129. The Labute approximate surface area is 145 Å². The normalized spacial score (nSPS) is 27.3. The highest BCUT2D eigenvalue weighted by Gasteiger charge is 2.44. The van der Waals surface area contributed by atoms with Crippen molar-refractivity contribution in [3.8, 4) is 12.3 Å². The zero-order chi connectivity index (χ0) is 16.7. The lowest BCUT2D eigenvalue weighted by atomic mass is 10.0. The van der Waals surface area contributed by atoms with Crippen molar-refractivity contribution < 1.29 is 14.4 Å². The predicted molar refractivity (Wildman–Crippen MR) is 87.6 cm³/mol. The van der Waals surface area contributed by atoms with Crippen LogP contribution in [0.2, 0.25) is 5.54 Å². The molecule has 1 aromatic carbocycles. The van der Waals surface area contributed by atoms with Gasteiger partial charge >= 0.3 is 0 Å². The SMILES string of the molecule is C#C[C@@H]1c2cc(Br)ccc2C(=O)N1[C@H]1CCC(=O)NC(=O)C1[Si]. The van der Waals surface area contributed by atoms with Crippen LogP contribution in [0, 0.1) is 12.3 Å². The van der Waals surface area contributed by atoms with Gasteiger partial charge in [0, 0.05) is 43.8 Å². The van der Waals surface area contributed by atoms with Gasteiger partial charge in [-0.25, -0.2) is 0 Å². The summed E-state index contributed by atoms with van der Waals surface area (Å²) in [4.78, 5) is 38.0. The van der Waals surface area contributed by atoms with Crippen molar-refractivity contribution in [3.05, 3.63) is 33.8 Å². The summed E-state index contributed by atoms with van der Waals surface area (Å²) < 4.78 is 0.829. The highest BCUT2D eigenvalue weighted by atomic mass is 79.9. The Bertz CT molecular complexity index is 758. The average Bonchev–Trinajstić information content (AvgIpc) is 2.71. The number of benzene rings is 1. The van der Waals surface area contributed by atoms with Crippen molar-refractivity contribution in [2.45, 2.75) is 30.5 Å². The fourth-order valence-electron chi connectivity index (χ4n) is 3.07. The summed E-state index contributed by atoms with van der Waals surface area (Å²) >= 11 is 3.38. The fourth-order valence-corrected chi connectivity index (χ4v) is 3.85. The minimum Gasteiger partial charge on any atom is -0.317 e. The fraction of sp³-hybridized carbons (Fsp3) is 0.312. The molecule has 3 atom stereocenters. The molecular weight excluding hydrogens is 376 g/mol. The second-order valence-corrected chi connectivity index (χ2v) is 7.05. The van der Waals surface area contributed by atoms with Gasteiger partial charge in [-0.1, -0.05) is 21.9 Å². The van der Waals surface area contributed by atoms with E-state index in [4.69, 9.17) is 6.42 Å². The van der Waals surface area contributed by atoms with Gasteiger partial charge in [-0.3, -0.25) is 19.7 Å². The number of amides is 3. The maximum Gasteiger partial charge on any atom is 0.255 e. The molecule has 1 aromatic rings. The molecule has 0 saturated carbocycles. The quantitative estimate of drug-likeness (QED) is 0.449. The molecule has 0 aliphatic carbocycles. The van der Waals surface area contributed by atoms with E-state index in [0.29, 0.717) is 12.0 Å². The maximum atomic E-state index is 12.8. The number of rotatable bonds is 1. The van der Waals surface area contributed by atoms with Gasteiger partial charge in [-0.2, -0.15) is 0 Å². The van der Waals surface area contributed by atoms with Crippen molar-refractivity contribution >= 4 is 43.9 Å². The molecule has 3 rings (SSSR count). The summed E-state index contributed by atoms with van der Waals surface area (Å²) in [5, 5.41) is 2.30. The second kappa shape index (κ2) is 5.94. The molecule has 1 unspecified atom stereocenters. The number of terminal acetylenes is 1. The van der Waals surface area contributed by atoms with E-state index in [-0.39, 0.29) is 18.2 Å². The van der Waals surface area contributed by atoms with Crippen molar-refractivity contribution in [1.29, 1.82) is 0 Å². The van der Waals surface area contributed by atoms with Crippen LogP contribution in [-0.2, 0) is 9.59 Å². The second-order valence-electron chi connectivity index (χ2n) is 5.51. The molecule has 7 heteroatoms. The Morgan fingerprint density at radius 3 is 2.78 bits per heavy atom. The lowest BCUT2D eigenvalue weighted by Crippen LogP contribution is -2.44. The topological polar surface area (TPSA) is 66.5 Å². The Hall–Kier alpha value is -1.91. The summed E-state index contributed by atoms with van der Waals surface area (Å²) in [6, 6.07) is 4.28. The van der Waals surface area contributed by atoms with Crippen LogP contribution >= 0.6 is 15.9 Å². The maximum absolute atomic E-state index is 12.8. The zero-order valence-corrected chi connectivity index (χ0v) is 14.6. The van der Waals surface area contributed by atoms with Gasteiger partial charge in [0.15, 0.2) is 0 Å². The van der Waals surface area contributed by atoms with Gasteiger partial charge in [-0.15, -0.1) is 6.42 Å². The van der Waals surface area contributed by atoms with E-state index in [1.54, 1.807) is 12.1 Å². The van der Waals surface area contributed by atoms with Crippen LogP contribution in [0.5, 0.6) is 0 Å². The van der Waals surface area contributed by atoms with Gasteiger partial charge in [0.05, 0.1) is 0 Å². The molecule has 0 spiro atoms. The number of nitrogens with zero attached hydrogens (tertiary/aromatic N) is 1. The molecule has 5 nitrogen and oxygen atoms in total. The number of carbonyl (C=O) groups excluding carboxylic acids is 3. The van der Waals surface area contributed by atoms with Crippen LogP contribution in [0.25, 0.3) is 0 Å². The van der Waals surface area contributed by atoms with Crippen LogP contribution in [-0.4, -0.2) is 38.9 Å². The molecule has 3 radical (unpaired) electrons. The monoisotopic (exact) mass is 387 g/mol. The number of fused-ring (bicyclic) bond motifs is 1. The Balaban J connectivity index is 2.03. The van der Waals surface area contributed by atoms with E-state index in [9.17, 15) is 14.4 Å². The standard InChI is InChI=1S/C16H12BrN2O3Si/c1-2-11-10-7-8(17)3-4-9(10)16(22)19(11)12-5-6-13(20)18-15(21)14(12)23/h1,3-4,7,11-12,14H,5-6H2,(H,18,20,21)/t11-,12+,14?/m1/s1. The molecule has 2 aliphatic heterocycles. The van der Waals surface area contributed by atoms with Gasteiger partial charge in [-0.05, 0) is 24.6 Å². The third kappa shape index (κ3) is 2.62. The van der Waals surface area contributed by atoms with E-state index in [1.807, 2.05) is 6.07 Å². The third-order valence-electron chi connectivity index (χ3n) is 4.16. The van der Waals surface area contributed by atoms with E-state index >= 15 is 0 Å². The van der Waals surface area contributed by atoms with Crippen LogP contribution < -0.4 is 5.32 Å². The van der Waals surface area contributed by atoms with Crippen LogP contribution in [0.15, 0.2) is 22.7 Å². The number of hydrogen-bond acceptors (Lipinski definition) is 3. The molecule has 1 N–H and O–H groups in total. The predicted octanol–water partition coefficient (Wildman–Crippen LogP) is 1.34. The minimum atomic E-state index is -0.695. The number of halogens is 1. The molecular formula is C16H12BrN2O3Si. The number of hydrogen-bond donors (Lipinski definition) is 1. The molecule has 2 heterocycles. The first-order valence-corrected chi connectivity index (χ1v) is 8.44. The Morgan fingerprint density at radius 1 is 1.35 bits per heavy atom. The van der Waals surface area contributed by atoms with Gasteiger partial charge in [0.2, 0.25) is 11.8 Å². The highest BCUT2D eigenvalue weighted by molar-refractivity contribution is 9.10. The Morgan fingerprint density at radius 2 is 2.09 bits per heavy atom. The first-order valence-electron chi connectivity index (χ1n) is 7.07. The number of imide groups is 1. The summed E-state index contributed by atoms with van der Waals surface area (Å²) in [7, 11) is 3.37. The summed E-state index contributed by atoms with van der Waals surface area (Å²) in [5.74, 6) is 1.63. The first kappa shape index (κ1) is 16.0. The van der Waals surface area contributed by atoms with Gasteiger partial charge in [0.1, 0.15) is 6.04 Å². The first-order chi connectivity index (χ1) is 10.9. The van der Waals surface area contributed by atoms with Crippen LogP contribution in [0.3, 0.4) is 0 Å². The lowest BCUT2D eigenvalue weighted by Gasteiger charge is -2.33. The molecule has 1 fully saturated rings. The third-order valence-corrected chi connectivity index (χ3v) is 5.30. The molecule has 115 valence electrons. The smallest absolute Gasteiger partial charge is 0.255 e. The van der Waals surface area contributed by atoms with Gasteiger partial charge in [0.25, 0.3) is 5.91 Å². The van der Waals surface area contributed by atoms with Crippen molar-refractivity contribution in [3.63, 3.8) is 0 Å². The molecule has 23 heavy (non-hydrogen) atoms. The van der Waals surface area contributed by atoms with Crippen LogP contribution in [0.4, 0.5) is 0 Å². The average molecular weight is 388 g/mol. The van der Waals surface area contributed by atoms with E-state index in [0.717, 1.165) is 10.0 Å². The highest BCUT2D eigenvalue weighted by Crippen LogP contribution is 2.39. The van der Waals surface area contributed by atoms with Crippen molar-refractivity contribution in [2.24, 2.45) is 0 Å². The van der Waals surface area contributed by atoms with E-state index in [2.05, 4.69) is 37.4 Å². The minimum absolute atomic E-state index is 0.165. The number of nitrogens with one attached hydrogen (secondary N) is 1. The number of carbonyl (C=O) groups is 3. The van der Waals surface area contributed by atoms with Crippen molar-refractivity contribution in [1.82, 2.24) is 10.2 Å².